The maximum atomic E-state index is 12.3. The van der Waals surface area contributed by atoms with Crippen LogP contribution in [0.4, 0.5) is 0 Å². The molecule has 23 heavy (non-hydrogen) atoms. The van der Waals surface area contributed by atoms with Crippen molar-refractivity contribution in [2.24, 2.45) is 5.92 Å². The lowest BCUT2D eigenvalue weighted by molar-refractivity contribution is -0.143. The monoisotopic (exact) mass is 311 g/mol. The Morgan fingerprint density at radius 1 is 1.39 bits per heavy atom. The Morgan fingerprint density at radius 3 is 2.83 bits per heavy atom. The molecule has 1 N–H and O–H groups in total. The normalized spacial score (nSPS) is 12.9. The van der Waals surface area contributed by atoms with Crippen LogP contribution < -0.4 is 5.32 Å². The molecule has 2 atom stereocenters. The highest BCUT2D eigenvalue weighted by Gasteiger charge is 2.24. The van der Waals surface area contributed by atoms with Crippen molar-refractivity contribution in [3.05, 3.63) is 42.1 Å². The van der Waals surface area contributed by atoms with E-state index in [1.807, 2.05) is 30.3 Å². The molecule has 6 nitrogen and oxygen atoms in total. The first-order chi connectivity index (χ1) is 11.0. The van der Waals surface area contributed by atoms with Gasteiger partial charge >= 0.3 is 5.97 Å². The van der Waals surface area contributed by atoms with Crippen molar-refractivity contribution < 1.29 is 14.3 Å². The van der Waals surface area contributed by atoms with E-state index < -0.39 is 17.9 Å². The van der Waals surface area contributed by atoms with Gasteiger partial charge in [-0.2, -0.15) is 5.26 Å². The van der Waals surface area contributed by atoms with Crippen LogP contribution in [-0.4, -0.2) is 30.0 Å². The minimum atomic E-state index is -0.867. The largest absolute Gasteiger partial charge is 0.467 e. The predicted octanol–water partition coefficient (Wildman–Crippen LogP) is 2.06. The van der Waals surface area contributed by atoms with Crippen LogP contribution in [0.2, 0.25) is 0 Å². The molecule has 1 amide bonds. The van der Waals surface area contributed by atoms with Crippen molar-refractivity contribution in [2.75, 3.05) is 7.11 Å². The van der Waals surface area contributed by atoms with Gasteiger partial charge in [0.2, 0.25) is 0 Å². The van der Waals surface area contributed by atoms with Gasteiger partial charge in [0, 0.05) is 17.5 Å². The Labute approximate surface area is 134 Å². The zero-order valence-electron chi connectivity index (χ0n) is 12.9. The van der Waals surface area contributed by atoms with Crippen molar-refractivity contribution in [3.63, 3.8) is 0 Å². The summed E-state index contributed by atoms with van der Waals surface area (Å²) in [6.07, 6.45) is 1.65. The quantitative estimate of drug-likeness (QED) is 0.853. The van der Waals surface area contributed by atoms with Crippen LogP contribution >= 0.6 is 0 Å². The number of hydrogen-bond acceptors (Lipinski definition) is 5. The average molecular weight is 311 g/mol. The Hall–Kier alpha value is -2.94. The number of methoxy groups -OCH3 is 1. The fraction of sp³-hybridized carbons (Fsp3) is 0.294. The van der Waals surface area contributed by atoms with E-state index in [4.69, 9.17) is 5.26 Å². The first-order valence-electron chi connectivity index (χ1n) is 7.18. The number of ether oxygens (including phenoxy) is 1. The topological polar surface area (TPSA) is 92.1 Å². The molecule has 0 saturated heterocycles. The van der Waals surface area contributed by atoms with E-state index in [0.717, 1.165) is 10.9 Å². The maximum Gasteiger partial charge on any atom is 0.328 e. The van der Waals surface area contributed by atoms with Gasteiger partial charge in [0.05, 0.1) is 24.3 Å². The number of nitriles is 1. The summed E-state index contributed by atoms with van der Waals surface area (Å²) in [6, 6.07) is 10.3. The summed E-state index contributed by atoms with van der Waals surface area (Å²) < 4.78 is 4.69. The number of amides is 1. The minimum absolute atomic E-state index is 0.190. The lowest BCUT2D eigenvalue weighted by atomic mass is 10.0. The number of para-hydroxylation sites is 1. The Balaban J connectivity index is 2.19. The Kier molecular flexibility index (Phi) is 5.26. The first kappa shape index (κ1) is 16.4. The van der Waals surface area contributed by atoms with Gasteiger partial charge in [0.1, 0.15) is 6.04 Å². The van der Waals surface area contributed by atoms with Crippen molar-refractivity contribution in [2.45, 2.75) is 19.4 Å². The molecule has 118 valence electrons. The van der Waals surface area contributed by atoms with Crippen LogP contribution in [0, 0.1) is 17.2 Å². The molecule has 0 bridgehead atoms. The Bertz CT molecular complexity index is 767. The number of pyridine rings is 1. The molecule has 1 aromatic heterocycles. The van der Waals surface area contributed by atoms with Crippen LogP contribution in [-0.2, 0) is 9.53 Å². The molecule has 2 aromatic rings. The first-order valence-corrected chi connectivity index (χ1v) is 7.18. The van der Waals surface area contributed by atoms with Gasteiger partial charge in [0.15, 0.2) is 0 Å². The number of fused-ring (bicyclic) bond motifs is 1. The molecule has 2 rings (SSSR count). The smallest absolute Gasteiger partial charge is 0.328 e. The molecule has 1 heterocycles. The number of benzene rings is 1. The van der Waals surface area contributed by atoms with E-state index in [1.54, 1.807) is 13.0 Å². The van der Waals surface area contributed by atoms with E-state index >= 15 is 0 Å². The lowest BCUT2D eigenvalue weighted by Gasteiger charge is -2.17. The molecule has 0 saturated carbocycles. The molecular formula is C17H17N3O3. The fourth-order valence-corrected chi connectivity index (χ4v) is 2.20. The number of carbonyl (C=O) groups excluding carboxylic acids is 2. The molecule has 0 aliphatic heterocycles. The maximum absolute atomic E-state index is 12.3. The van der Waals surface area contributed by atoms with Crippen LogP contribution in [0.15, 0.2) is 36.5 Å². The van der Waals surface area contributed by atoms with E-state index in [9.17, 15) is 9.59 Å². The third kappa shape index (κ3) is 4.04. The van der Waals surface area contributed by atoms with Crippen molar-refractivity contribution in [1.82, 2.24) is 10.3 Å². The summed E-state index contributed by atoms with van der Waals surface area (Å²) in [5.74, 6) is -1.38. The van der Waals surface area contributed by atoms with Gasteiger partial charge in [-0.25, -0.2) is 4.79 Å². The highest BCUT2D eigenvalue weighted by atomic mass is 16.5. The third-order valence-electron chi connectivity index (χ3n) is 3.45. The van der Waals surface area contributed by atoms with E-state index in [2.05, 4.69) is 15.0 Å². The van der Waals surface area contributed by atoms with Crippen LogP contribution in [0.5, 0.6) is 0 Å². The minimum Gasteiger partial charge on any atom is -0.467 e. The fourth-order valence-electron chi connectivity index (χ4n) is 2.20. The lowest BCUT2D eigenvalue weighted by Crippen LogP contribution is -2.42. The second-order valence-electron chi connectivity index (χ2n) is 5.23. The summed E-state index contributed by atoms with van der Waals surface area (Å²) in [5.41, 5.74) is 1.13. The number of carbonyl (C=O) groups is 2. The molecular weight excluding hydrogens is 294 g/mol. The zero-order valence-corrected chi connectivity index (χ0v) is 12.9. The standard InChI is InChI=1S/C17H17N3O3/c1-11(9-18)7-15(17(22)23-2)20-16(21)13-8-12-5-3-4-6-14(12)19-10-13/h3-6,8,10-11,15H,7H2,1-2H3,(H,20,21)/t11-,15-/m1/s1. The number of esters is 1. The van der Waals surface area contributed by atoms with Gasteiger partial charge < -0.3 is 10.1 Å². The van der Waals surface area contributed by atoms with Gasteiger partial charge in [0.25, 0.3) is 5.91 Å². The summed E-state index contributed by atoms with van der Waals surface area (Å²) in [5, 5.41) is 12.3. The van der Waals surface area contributed by atoms with Gasteiger partial charge in [-0.3, -0.25) is 9.78 Å². The molecule has 6 heteroatoms. The molecule has 0 aliphatic carbocycles. The summed E-state index contributed by atoms with van der Waals surface area (Å²) in [7, 11) is 1.25. The summed E-state index contributed by atoms with van der Waals surface area (Å²) in [4.78, 5) is 28.4. The van der Waals surface area contributed by atoms with Crippen molar-refractivity contribution >= 4 is 22.8 Å². The molecule has 0 aliphatic rings. The van der Waals surface area contributed by atoms with Crippen LogP contribution in [0.25, 0.3) is 10.9 Å². The summed E-state index contributed by atoms with van der Waals surface area (Å²) >= 11 is 0. The van der Waals surface area contributed by atoms with E-state index in [0.29, 0.717) is 5.56 Å². The predicted molar refractivity (Wildman–Crippen MR) is 84.4 cm³/mol. The van der Waals surface area contributed by atoms with E-state index in [1.165, 1.54) is 13.3 Å². The number of nitrogens with one attached hydrogen (secondary N) is 1. The molecule has 0 fully saturated rings. The number of nitrogens with zero attached hydrogens (tertiary/aromatic N) is 2. The van der Waals surface area contributed by atoms with Crippen LogP contribution in [0.1, 0.15) is 23.7 Å². The van der Waals surface area contributed by atoms with E-state index in [-0.39, 0.29) is 12.3 Å². The third-order valence-corrected chi connectivity index (χ3v) is 3.45. The molecule has 0 spiro atoms. The summed E-state index contributed by atoms with van der Waals surface area (Å²) in [6.45, 7) is 1.68. The highest BCUT2D eigenvalue weighted by molar-refractivity contribution is 5.99. The average Bonchev–Trinajstić information content (AvgIpc) is 2.59. The second-order valence-corrected chi connectivity index (χ2v) is 5.23. The van der Waals surface area contributed by atoms with Crippen molar-refractivity contribution in [3.8, 4) is 6.07 Å². The zero-order chi connectivity index (χ0) is 16.8. The molecule has 1 aromatic carbocycles. The number of aromatic nitrogens is 1. The van der Waals surface area contributed by atoms with Crippen LogP contribution in [0.3, 0.4) is 0 Å². The molecule has 0 radical (unpaired) electrons. The SMILES string of the molecule is COC(=O)[C@@H](C[C@@H](C)C#N)NC(=O)c1cnc2ccccc2c1. The van der Waals surface area contributed by atoms with Gasteiger partial charge in [-0.15, -0.1) is 0 Å². The second kappa shape index (κ2) is 7.36. The van der Waals surface area contributed by atoms with Gasteiger partial charge in [-0.1, -0.05) is 18.2 Å². The Morgan fingerprint density at radius 2 is 2.13 bits per heavy atom. The highest BCUT2D eigenvalue weighted by Crippen LogP contribution is 2.13. The number of hydrogen-bond donors (Lipinski definition) is 1. The number of rotatable bonds is 5. The van der Waals surface area contributed by atoms with Gasteiger partial charge in [-0.05, 0) is 25.5 Å². The molecule has 0 unspecified atom stereocenters. The van der Waals surface area contributed by atoms with Crippen molar-refractivity contribution in [1.29, 1.82) is 5.26 Å².